The number of carbonyl (C=O) groups is 1. The van der Waals surface area contributed by atoms with Crippen molar-refractivity contribution in [1.29, 1.82) is 0 Å². The lowest BCUT2D eigenvalue weighted by atomic mass is 10.2. The Labute approximate surface area is 211 Å². The van der Waals surface area contributed by atoms with Gasteiger partial charge in [0.05, 0.1) is 16.7 Å². The molecule has 0 atom stereocenters. The van der Waals surface area contributed by atoms with Crippen LogP contribution < -0.4 is 14.2 Å². The normalized spacial score (nSPS) is 12.7. The molecule has 3 aromatic carbocycles. The SMILES string of the molecule is O=C(OCc1ncc(-c2ccc(Cl)cc2)o1)c1ccc(NS(=O)(=O)c2ccc3c(c2)OCCO3)cc1. The lowest BCUT2D eigenvalue weighted by molar-refractivity contribution is 0.0439. The van der Waals surface area contributed by atoms with Gasteiger partial charge in [0.1, 0.15) is 13.2 Å². The maximum Gasteiger partial charge on any atom is 0.338 e. The number of anilines is 1. The highest BCUT2D eigenvalue weighted by atomic mass is 35.5. The van der Waals surface area contributed by atoms with Crippen molar-refractivity contribution in [1.82, 2.24) is 4.98 Å². The Morgan fingerprint density at radius 1 is 0.972 bits per heavy atom. The molecule has 0 aliphatic carbocycles. The van der Waals surface area contributed by atoms with Crippen LogP contribution >= 0.6 is 11.6 Å². The van der Waals surface area contributed by atoms with Gasteiger partial charge >= 0.3 is 5.97 Å². The van der Waals surface area contributed by atoms with Crippen LogP contribution in [-0.4, -0.2) is 32.6 Å². The molecule has 0 bridgehead atoms. The second-order valence-electron chi connectivity index (χ2n) is 7.69. The summed E-state index contributed by atoms with van der Waals surface area (Å²) in [6, 6.07) is 17.3. The molecule has 11 heteroatoms. The molecule has 36 heavy (non-hydrogen) atoms. The highest BCUT2D eigenvalue weighted by molar-refractivity contribution is 7.92. The van der Waals surface area contributed by atoms with Gasteiger partial charge in [-0.05, 0) is 60.7 Å². The van der Waals surface area contributed by atoms with Crippen molar-refractivity contribution in [3.8, 4) is 22.8 Å². The van der Waals surface area contributed by atoms with E-state index in [4.69, 9.17) is 30.2 Å². The first kappa shape index (κ1) is 23.7. The molecule has 4 aromatic rings. The summed E-state index contributed by atoms with van der Waals surface area (Å²) in [5.74, 6) is 1.01. The minimum Gasteiger partial charge on any atom is -0.486 e. The van der Waals surface area contributed by atoms with Crippen LogP contribution in [0.15, 0.2) is 82.2 Å². The molecule has 2 heterocycles. The van der Waals surface area contributed by atoms with Crippen LogP contribution in [0.5, 0.6) is 11.5 Å². The van der Waals surface area contributed by atoms with Crippen LogP contribution in [-0.2, 0) is 21.4 Å². The molecule has 0 saturated heterocycles. The molecule has 0 saturated carbocycles. The molecule has 1 aliphatic heterocycles. The fraction of sp³-hybridized carbons (Fsp3) is 0.120. The monoisotopic (exact) mass is 526 g/mol. The molecule has 0 radical (unpaired) electrons. The van der Waals surface area contributed by atoms with Crippen molar-refractivity contribution < 1.29 is 31.8 Å². The van der Waals surface area contributed by atoms with E-state index in [0.717, 1.165) is 5.56 Å². The standard InChI is InChI=1S/C25H19ClN2O7S/c26-18-5-1-16(2-6-18)23-14-27-24(35-23)15-34-25(29)17-3-7-19(8-4-17)28-36(30,31)20-9-10-21-22(13-20)33-12-11-32-21/h1-10,13-14,28H,11-12,15H2. The molecular formula is C25H19ClN2O7S. The van der Waals surface area contributed by atoms with Crippen molar-refractivity contribution >= 4 is 33.3 Å². The average Bonchev–Trinajstić information content (AvgIpc) is 3.37. The van der Waals surface area contributed by atoms with Gasteiger partial charge in [-0.15, -0.1) is 0 Å². The minimum atomic E-state index is -3.88. The van der Waals surface area contributed by atoms with E-state index in [9.17, 15) is 13.2 Å². The van der Waals surface area contributed by atoms with E-state index in [0.29, 0.717) is 35.5 Å². The third-order valence-electron chi connectivity index (χ3n) is 5.21. The number of hydrogen-bond acceptors (Lipinski definition) is 8. The van der Waals surface area contributed by atoms with E-state index in [1.165, 1.54) is 42.6 Å². The first-order valence-corrected chi connectivity index (χ1v) is 12.6. The van der Waals surface area contributed by atoms with Crippen molar-refractivity contribution in [2.75, 3.05) is 17.9 Å². The molecule has 0 spiro atoms. The van der Waals surface area contributed by atoms with Gasteiger partial charge in [0, 0.05) is 22.3 Å². The quantitative estimate of drug-likeness (QED) is 0.337. The third kappa shape index (κ3) is 5.29. The Morgan fingerprint density at radius 3 is 2.44 bits per heavy atom. The van der Waals surface area contributed by atoms with Gasteiger partial charge in [-0.25, -0.2) is 18.2 Å². The number of carbonyl (C=O) groups excluding carboxylic acids is 1. The van der Waals surface area contributed by atoms with Crippen molar-refractivity contribution in [3.63, 3.8) is 0 Å². The summed E-state index contributed by atoms with van der Waals surface area (Å²) in [7, 11) is -3.88. The third-order valence-corrected chi connectivity index (χ3v) is 6.84. The summed E-state index contributed by atoms with van der Waals surface area (Å²) in [6.45, 7) is 0.598. The summed E-state index contributed by atoms with van der Waals surface area (Å²) in [4.78, 5) is 16.6. The van der Waals surface area contributed by atoms with Gasteiger partial charge in [-0.2, -0.15) is 0 Å². The number of hydrogen-bond donors (Lipinski definition) is 1. The number of nitrogens with one attached hydrogen (secondary N) is 1. The fourth-order valence-corrected chi connectivity index (χ4v) is 4.61. The van der Waals surface area contributed by atoms with Gasteiger partial charge in [-0.1, -0.05) is 11.6 Å². The van der Waals surface area contributed by atoms with Gasteiger partial charge in [0.15, 0.2) is 23.9 Å². The molecule has 1 aliphatic rings. The maximum atomic E-state index is 12.8. The van der Waals surface area contributed by atoms with Gasteiger partial charge in [0.25, 0.3) is 10.0 Å². The molecule has 1 aromatic heterocycles. The van der Waals surface area contributed by atoms with Crippen LogP contribution in [0.4, 0.5) is 5.69 Å². The number of esters is 1. The molecule has 9 nitrogen and oxygen atoms in total. The second-order valence-corrected chi connectivity index (χ2v) is 9.81. The zero-order valence-electron chi connectivity index (χ0n) is 18.6. The first-order chi connectivity index (χ1) is 17.4. The average molecular weight is 527 g/mol. The van der Waals surface area contributed by atoms with E-state index >= 15 is 0 Å². The number of ether oxygens (including phenoxy) is 3. The zero-order chi connectivity index (χ0) is 25.1. The highest BCUT2D eigenvalue weighted by Gasteiger charge is 2.20. The van der Waals surface area contributed by atoms with E-state index < -0.39 is 16.0 Å². The number of nitrogens with zero attached hydrogens (tertiary/aromatic N) is 1. The Balaban J connectivity index is 1.19. The summed E-state index contributed by atoms with van der Waals surface area (Å²) in [5.41, 5.74) is 1.31. The lowest BCUT2D eigenvalue weighted by Gasteiger charge is -2.19. The van der Waals surface area contributed by atoms with Crippen molar-refractivity contribution in [3.05, 3.63) is 89.4 Å². The zero-order valence-corrected chi connectivity index (χ0v) is 20.2. The smallest absolute Gasteiger partial charge is 0.338 e. The van der Waals surface area contributed by atoms with E-state index in [1.54, 1.807) is 30.3 Å². The summed E-state index contributed by atoms with van der Waals surface area (Å²) in [5, 5.41) is 0.606. The molecule has 0 unspecified atom stereocenters. The number of oxazole rings is 1. The molecule has 184 valence electrons. The maximum absolute atomic E-state index is 12.8. The lowest BCUT2D eigenvalue weighted by Crippen LogP contribution is -2.17. The van der Waals surface area contributed by atoms with Crippen molar-refractivity contribution in [2.24, 2.45) is 0 Å². The Morgan fingerprint density at radius 2 is 1.69 bits per heavy atom. The topological polar surface area (TPSA) is 117 Å². The van der Waals surface area contributed by atoms with Crippen LogP contribution in [0.2, 0.25) is 5.02 Å². The fourth-order valence-electron chi connectivity index (χ4n) is 3.41. The molecular weight excluding hydrogens is 508 g/mol. The highest BCUT2D eigenvalue weighted by Crippen LogP contribution is 2.32. The summed E-state index contributed by atoms with van der Waals surface area (Å²) in [6.07, 6.45) is 1.54. The number of benzene rings is 3. The summed E-state index contributed by atoms with van der Waals surface area (Å²) < 4.78 is 49.8. The van der Waals surface area contributed by atoms with Gasteiger partial charge in [0.2, 0.25) is 5.89 Å². The van der Waals surface area contributed by atoms with E-state index in [-0.39, 0.29) is 28.6 Å². The van der Waals surface area contributed by atoms with Crippen LogP contribution in [0, 0.1) is 0 Å². The molecule has 0 amide bonds. The number of fused-ring (bicyclic) bond motifs is 1. The second kappa shape index (κ2) is 9.92. The Hall–Kier alpha value is -4.02. The predicted octanol–water partition coefficient (Wildman–Crippen LogP) is 4.92. The van der Waals surface area contributed by atoms with E-state index in [1.807, 2.05) is 0 Å². The predicted molar refractivity (Wildman–Crippen MR) is 131 cm³/mol. The number of halogens is 1. The minimum absolute atomic E-state index is 0.0270. The van der Waals surface area contributed by atoms with Crippen LogP contribution in [0.3, 0.4) is 0 Å². The molecule has 1 N–H and O–H groups in total. The Kier molecular flexibility index (Phi) is 6.53. The van der Waals surface area contributed by atoms with Gasteiger partial charge in [-0.3, -0.25) is 4.72 Å². The molecule has 0 fully saturated rings. The Bertz CT molecular complexity index is 1500. The number of rotatable bonds is 7. The largest absolute Gasteiger partial charge is 0.486 e. The van der Waals surface area contributed by atoms with E-state index in [2.05, 4.69) is 9.71 Å². The van der Waals surface area contributed by atoms with Crippen molar-refractivity contribution in [2.45, 2.75) is 11.5 Å². The number of sulfonamides is 1. The van der Waals surface area contributed by atoms with Crippen LogP contribution in [0.25, 0.3) is 11.3 Å². The summed E-state index contributed by atoms with van der Waals surface area (Å²) >= 11 is 5.89. The first-order valence-electron chi connectivity index (χ1n) is 10.8. The van der Waals surface area contributed by atoms with Gasteiger partial charge < -0.3 is 18.6 Å². The molecule has 5 rings (SSSR count). The van der Waals surface area contributed by atoms with Crippen LogP contribution in [0.1, 0.15) is 16.2 Å². The number of aromatic nitrogens is 1.